The molecule has 0 radical (unpaired) electrons. The molecule has 1 aliphatic heterocycles. The van der Waals surface area contributed by atoms with Crippen LogP contribution in [0, 0.1) is 13.8 Å². The Balaban J connectivity index is 2.11. The lowest BCUT2D eigenvalue weighted by atomic mass is 10.0. The highest BCUT2D eigenvalue weighted by Crippen LogP contribution is 2.25. The average molecular weight is 322 g/mol. The van der Waals surface area contributed by atoms with Gasteiger partial charge in [-0.25, -0.2) is 4.79 Å². The number of aromatic nitrogens is 2. The number of hydrogen-bond acceptors (Lipinski definition) is 3. The van der Waals surface area contributed by atoms with Crippen molar-refractivity contribution >= 4 is 6.03 Å². The van der Waals surface area contributed by atoms with E-state index in [1.807, 2.05) is 30.5 Å². The highest BCUT2D eigenvalue weighted by molar-refractivity contribution is 5.75. The zero-order valence-electron chi connectivity index (χ0n) is 15.3. The highest BCUT2D eigenvalue weighted by atomic mass is 16.5. The van der Waals surface area contributed by atoms with Gasteiger partial charge in [0.1, 0.15) is 0 Å². The Morgan fingerprint density at radius 2 is 2.13 bits per heavy atom. The zero-order chi connectivity index (χ0) is 17.2. The Labute approximate surface area is 139 Å². The number of hydrogen-bond donors (Lipinski definition) is 1. The molecule has 0 aliphatic carbocycles. The number of morpholine rings is 1. The first kappa shape index (κ1) is 17.8. The van der Waals surface area contributed by atoms with Gasteiger partial charge in [0.15, 0.2) is 0 Å². The second-order valence-electron chi connectivity index (χ2n) is 6.69. The molecule has 1 aromatic heterocycles. The summed E-state index contributed by atoms with van der Waals surface area (Å²) in [5.41, 5.74) is 2.99. The van der Waals surface area contributed by atoms with E-state index in [9.17, 15) is 4.79 Å². The summed E-state index contributed by atoms with van der Waals surface area (Å²) in [6, 6.07) is -0.0191. The molecule has 2 atom stereocenters. The van der Waals surface area contributed by atoms with Gasteiger partial charge in [0.25, 0.3) is 0 Å². The first-order valence-corrected chi connectivity index (χ1v) is 8.50. The van der Waals surface area contributed by atoms with Crippen molar-refractivity contribution in [3.8, 4) is 0 Å². The summed E-state index contributed by atoms with van der Waals surface area (Å²) in [7, 11) is 1.94. The van der Waals surface area contributed by atoms with Crippen LogP contribution in [0.15, 0.2) is 0 Å². The Morgan fingerprint density at radius 1 is 1.43 bits per heavy atom. The lowest BCUT2D eigenvalue weighted by Crippen LogP contribution is -2.54. The molecule has 1 fully saturated rings. The summed E-state index contributed by atoms with van der Waals surface area (Å²) < 4.78 is 7.69. The highest BCUT2D eigenvalue weighted by Gasteiger charge is 2.33. The van der Waals surface area contributed by atoms with E-state index in [1.54, 1.807) is 0 Å². The van der Waals surface area contributed by atoms with Crippen molar-refractivity contribution in [2.45, 2.75) is 59.1 Å². The summed E-state index contributed by atoms with van der Waals surface area (Å²) in [6.07, 6.45) is 1.74. The predicted octanol–water partition coefficient (Wildman–Crippen LogP) is 2.70. The number of amides is 2. The number of carbonyl (C=O) groups is 1. The van der Waals surface area contributed by atoms with Crippen LogP contribution in [0.4, 0.5) is 4.79 Å². The smallest absolute Gasteiger partial charge is 0.318 e. The maximum Gasteiger partial charge on any atom is 0.318 e. The van der Waals surface area contributed by atoms with E-state index in [-0.39, 0.29) is 17.7 Å². The van der Waals surface area contributed by atoms with E-state index in [0.717, 1.165) is 29.8 Å². The van der Waals surface area contributed by atoms with Crippen LogP contribution in [-0.2, 0) is 11.8 Å². The molecule has 0 spiro atoms. The van der Waals surface area contributed by atoms with Crippen molar-refractivity contribution in [1.82, 2.24) is 20.0 Å². The van der Waals surface area contributed by atoms with Crippen LogP contribution in [0.2, 0.25) is 0 Å². The monoisotopic (exact) mass is 322 g/mol. The minimum Gasteiger partial charge on any atom is -0.372 e. The number of nitrogens with one attached hydrogen (secondary N) is 1. The topological polar surface area (TPSA) is 59.4 Å². The molecule has 0 aromatic carbocycles. The van der Waals surface area contributed by atoms with Crippen LogP contribution in [0.1, 0.15) is 56.6 Å². The second-order valence-corrected chi connectivity index (χ2v) is 6.69. The molecule has 130 valence electrons. The van der Waals surface area contributed by atoms with Crippen LogP contribution in [0.25, 0.3) is 0 Å². The number of carbonyl (C=O) groups excluding carboxylic acids is 1. The molecule has 6 nitrogen and oxygen atoms in total. The average Bonchev–Trinajstić information content (AvgIpc) is 2.78. The molecular weight excluding hydrogens is 292 g/mol. The van der Waals surface area contributed by atoms with Gasteiger partial charge in [-0.05, 0) is 33.6 Å². The van der Waals surface area contributed by atoms with Crippen molar-refractivity contribution in [2.75, 3.05) is 19.7 Å². The summed E-state index contributed by atoms with van der Waals surface area (Å²) >= 11 is 0. The third-order valence-corrected chi connectivity index (χ3v) is 4.99. The van der Waals surface area contributed by atoms with Gasteiger partial charge in [-0.3, -0.25) is 4.68 Å². The molecule has 2 heterocycles. The Bertz CT molecular complexity index is 569. The van der Waals surface area contributed by atoms with Gasteiger partial charge in [0.05, 0.1) is 30.5 Å². The van der Waals surface area contributed by atoms with E-state index < -0.39 is 0 Å². The van der Waals surface area contributed by atoms with Crippen molar-refractivity contribution < 1.29 is 9.53 Å². The van der Waals surface area contributed by atoms with E-state index >= 15 is 0 Å². The van der Waals surface area contributed by atoms with Gasteiger partial charge >= 0.3 is 6.03 Å². The maximum absolute atomic E-state index is 12.7. The molecular formula is C17H30N4O2. The molecule has 2 amide bonds. The molecule has 23 heavy (non-hydrogen) atoms. The lowest BCUT2D eigenvalue weighted by Gasteiger charge is -2.40. The fourth-order valence-corrected chi connectivity index (χ4v) is 3.23. The molecule has 6 heteroatoms. The minimum absolute atomic E-state index is 0.00747. The van der Waals surface area contributed by atoms with E-state index in [4.69, 9.17) is 4.74 Å². The quantitative estimate of drug-likeness (QED) is 0.927. The molecule has 1 saturated heterocycles. The van der Waals surface area contributed by atoms with Gasteiger partial charge < -0.3 is 15.0 Å². The summed E-state index contributed by atoms with van der Waals surface area (Å²) in [5.74, 6) is 0. The SMILES string of the molecule is CC[C@H](NC(=O)N1CCO[C@@](C)(CC)C1)c1c(C)nn(C)c1C. The van der Waals surface area contributed by atoms with Gasteiger partial charge in [0.2, 0.25) is 0 Å². The Kier molecular flexibility index (Phi) is 5.34. The van der Waals surface area contributed by atoms with Gasteiger partial charge in [-0.1, -0.05) is 13.8 Å². The summed E-state index contributed by atoms with van der Waals surface area (Å²) in [6.45, 7) is 12.2. The molecule has 1 N–H and O–H groups in total. The van der Waals surface area contributed by atoms with E-state index in [0.29, 0.717) is 19.7 Å². The zero-order valence-corrected chi connectivity index (χ0v) is 15.3. The number of nitrogens with zero attached hydrogens (tertiary/aromatic N) is 3. The predicted molar refractivity (Wildman–Crippen MR) is 90.5 cm³/mol. The van der Waals surface area contributed by atoms with Crippen LogP contribution in [-0.4, -0.2) is 46.0 Å². The first-order chi connectivity index (χ1) is 10.8. The van der Waals surface area contributed by atoms with Crippen molar-refractivity contribution in [2.24, 2.45) is 7.05 Å². The van der Waals surface area contributed by atoms with E-state index in [1.165, 1.54) is 0 Å². The third kappa shape index (κ3) is 3.68. The lowest BCUT2D eigenvalue weighted by molar-refractivity contribution is -0.0874. The van der Waals surface area contributed by atoms with Crippen molar-refractivity contribution in [3.63, 3.8) is 0 Å². The van der Waals surface area contributed by atoms with Crippen molar-refractivity contribution in [3.05, 3.63) is 17.0 Å². The van der Waals surface area contributed by atoms with Gasteiger partial charge in [0, 0.05) is 24.8 Å². The van der Waals surface area contributed by atoms with Crippen LogP contribution < -0.4 is 5.32 Å². The third-order valence-electron chi connectivity index (χ3n) is 4.99. The Hall–Kier alpha value is -1.56. The molecule has 2 rings (SSSR count). The molecule has 1 aliphatic rings. The number of urea groups is 1. The van der Waals surface area contributed by atoms with Gasteiger partial charge in [-0.2, -0.15) is 5.10 Å². The van der Waals surface area contributed by atoms with E-state index in [2.05, 4.69) is 31.2 Å². The molecule has 1 aromatic rings. The molecule has 0 bridgehead atoms. The van der Waals surface area contributed by atoms with Crippen LogP contribution >= 0.6 is 0 Å². The Morgan fingerprint density at radius 3 is 2.65 bits per heavy atom. The second kappa shape index (κ2) is 6.91. The maximum atomic E-state index is 12.7. The normalized spacial score (nSPS) is 23.0. The fourth-order valence-electron chi connectivity index (χ4n) is 3.23. The van der Waals surface area contributed by atoms with Gasteiger partial charge in [-0.15, -0.1) is 0 Å². The number of aryl methyl sites for hydroxylation is 2. The standard InChI is InChI=1S/C17H30N4O2/c1-7-14(15-12(3)19-20(6)13(15)4)18-16(22)21-9-10-23-17(5,8-2)11-21/h14H,7-11H2,1-6H3,(H,18,22)/t14-,17-/m0/s1. The summed E-state index contributed by atoms with van der Waals surface area (Å²) in [5, 5.41) is 7.66. The largest absolute Gasteiger partial charge is 0.372 e. The first-order valence-electron chi connectivity index (χ1n) is 8.50. The van der Waals surface area contributed by atoms with Crippen molar-refractivity contribution in [1.29, 1.82) is 0 Å². The number of rotatable bonds is 4. The molecule has 0 unspecified atom stereocenters. The summed E-state index contributed by atoms with van der Waals surface area (Å²) in [4.78, 5) is 14.6. The minimum atomic E-state index is -0.239. The van der Waals surface area contributed by atoms with Crippen LogP contribution in [0.5, 0.6) is 0 Å². The fraction of sp³-hybridized carbons (Fsp3) is 0.765. The number of ether oxygens (including phenoxy) is 1. The van der Waals surface area contributed by atoms with Crippen LogP contribution in [0.3, 0.4) is 0 Å². The molecule has 0 saturated carbocycles.